The fourth-order valence-corrected chi connectivity index (χ4v) is 2.24. The maximum atomic E-state index is 12.5. The third-order valence-corrected chi connectivity index (χ3v) is 3.15. The highest BCUT2D eigenvalue weighted by Gasteiger charge is 2.10. The number of hydrogen-bond acceptors (Lipinski definition) is 2. The normalized spacial score (nSPS) is 10.8. The Hall–Kier alpha value is -2.62. The van der Waals surface area contributed by atoms with Crippen molar-refractivity contribution in [1.82, 2.24) is 9.55 Å². The largest absolute Gasteiger partial charge is 0.333 e. The highest BCUT2D eigenvalue weighted by molar-refractivity contribution is 5.81. The SMILES string of the molecule is Cc1cccc2[nH]c(=O)n(-c3ccccc3)c(=O)c12. The van der Waals surface area contributed by atoms with Gasteiger partial charge in [-0.05, 0) is 30.7 Å². The summed E-state index contributed by atoms with van der Waals surface area (Å²) < 4.78 is 1.16. The molecule has 0 atom stereocenters. The molecule has 0 amide bonds. The van der Waals surface area contributed by atoms with Crippen molar-refractivity contribution in [3.05, 3.63) is 74.9 Å². The number of para-hydroxylation sites is 1. The number of nitrogens with zero attached hydrogens (tertiary/aromatic N) is 1. The number of aryl methyl sites for hydroxylation is 1. The molecule has 0 fully saturated rings. The molecule has 1 N–H and O–H groups in total. The van der Waals surface area contributed by atoms with Gasteiger partial charge in [0.05, 0.1) is 16.6 Å². The molecule has 4 heteroatoms. The standard InChI is InChI=1S/C15H12N2O2/c1-10-6-5-9-12-13(10)14(18)17(15(19)16-12)11-7-3-2-4-8-11/h2-9H,1H3,(H,16,19). The molecule has 0 radical (unpaired) electrons. The van der Waals surface area contributed by atoms with E-state index in [4.69, 9.17) is 0 Å². The first-order valence-corrected chi connectivity index (χ1v) is 5.98. The van der Waals surface area contributed by atoms with E-state index in [2.05, 4.69) is 4.98 Å². The molecule has 94 valence electrons. The maximum Gasteiger partial charge on any atom is 0.333 e. The Balaban J connectivity index is 2.49. The predicted octanol–water partition coefficient (Wildman–Crippen LogP) is 1.99. The second-order valence-corrected chi connectivity index (χ2v) is 4.40. The van der Waals surface area contributed by atoms with E-state index in [1.807, 2.05) is 25.1 Å². The average Bonchev–Trinajstić information content (AvgIpc) is 2.39. The van der Waals surface area contributed by atoms with Crippen LogP contribution in [0.15, 0.2) is 58.1 Å². The zero-order chi connectivity index (χ0) is 13.4. The monoisotopic (exact) mass is 252 g/mol. The third-order valence-electron chi connectivity index (χ3n) is 3.15. The van der Waals surface area contributed by atoms with E-state index in [0.717, 1.165) is 10.1 Å². The lowest BCUT2D eigenvalue weighted by molar-refractivity contribution is 0.900. The number of hydrogen-bond donors (Lipinski definition) is 1. The number of aromatic amines is 1. The molecule has 1 heterocycles. The van der Waals surface area contributed by atoms with Crippen molar-refractivity contribution >= 4 is 10.9 Å². The minimum absolute atomic E-state index is 0.289. The van der Waals surface area contributed by atoms with Crippen LogP contribution >= 0.6 is 0 Å². The lowest BCUT2D eigenvalue weighted by Crippen LogP contribution is -2.33. The van der Waals surface area contributed by atoms with Crippen molar-refractivity contribution in [2.75, 3.05) is 0 Å². The predicted molar refractivity (Wildman–Crippen MR) is 74.9 cm³/mol. The van der Waals surface area contributed by atoms with Crippen LogP contribution in [0.4, 0.5) is 0 Å². The first-order valence-electron chi connectivity index (χ1n) is 5.98. The third kappa shape index (κ3) is 1.78. The van der Waals surface area contributed by atoms with E-state index in [1.165, 1.54) is 0 Å². The van der Waals surface area contributed by atoms with Crippen LogP contribution in [0, 0.1) is 6.92 Å². The van der Waals surface area contributed by atoms with Crippen molar-refractivity contribution in [1.29, 1.82) is 0 Å². The fourth-order valence-electron chi connectivity index (χ4n) is 2.24. The number of aromatic nitrogens is 2. The Kier molecular flexibility index (Phi) is 2.56. The summed E-state index contributed by atoms with van der Waals surface area (Å²) in [5.74, 6) is 0. The lowest BCUT2D eigenvalue weighted by atomic mass is 10.1. The van der Waals surface area contributed by atoms with Crippen molar-refractivity contribution in [3.8, 4) is 5.69 Å². The second kappa shape index (κ2) is 4.24. The van der Waals surface area contributed by atoms with Crippen molar-refractivity contribution in [2.45, 2.75) is 6.92 Å². The number of nitrogens with one attached hydrogen (secondary N) is 1. The van der Waals surface area contributed by atoms with Gasteiger partial charge in [0.1, 0.15) is 0 Å². The fraction of sp³-hybridized carbons (Fsp3) is 0.0667. The molecule has 0 bridgehead atoms. The van der Waals surface area contributed by atoms with Gasteiger partial charge in [-0.3, -0.25) is 4.79 Å². The van der Waals surface area contributed by atoms with Crippen LogP contribution in [0.5, 0.6) is 0 Å². The summed E-state index contributed by atoms with van der Waals surface area (Å²) in [5, 5.41) is 0.547. The van der Waals surface area contributed by atoms with Gasteiger partial charge in [0.25, 0.3) is 5.56 Å². The topological polar surface area (TPSA) is 54.9 Å². The Morgan fingerprint density at radius 2 is 1.68 bits per heavy atom. The molecule has 0 unspecified atom stereocenters. The van der Waals surface area contributed by atoms with Gasteiger partial charge >= 0.3 is 5.69 Å². The molecular formula is C15H12N2O2. The Morgan fingerprint density at radius 1 is 0.947 bits per heavy atom. The first-order chi connectivity index (χ1) is 9.18. The zero-order valence-electron chi connectivity index (χ0n) is 10.4. The summed E-state index contributed by atoms with van der Waals surface area (Å²) in [6, 6.07) is 14.3. The van der Waals surface area contributed by atoms with Crippen molar-refractivity contribution in [2.24, 2.45) is 0 Å². The van der Waals surface area contributed by atoms with Gasteiger partial charge < -0.3 is 4.98 Å². The molecule has 0 aliphatic heterocycles. The van der Waals surface area contributed by atoms with E-state index >= 15 is 0 Å². The van der Waals surface area contributed by atoms with E-state index in [-0.39, 0.29) is 5.56 Å². The molecule has 19 heavy (non-hydrogen) atoms. The van der Waals surface area contributed by atoms with Crippen LogP contribution in [-0.4, -0.2) is 9.55 Å². The quantitative estimate of drug-likeness (QED) is 0.720. The summed E-state index contributed by atoms with van der Waals surface area (Å²) in [6.45, 7) is 1.86. The van der Waals surface area contributed by atoms with Crippen LogP contribution in [0.2, 0.25) is 0 Å². The minimum atomic E-state index is -0.422. The van der Waals surface area contributed by atoms with E-state index in [1.54, 1.807) is 30.3 Å². The van der Waals surface area contributed by atoms with Crippen LogP contribution in [0.1, 0.15) is 5.56 Å². The average molecular weight is 252 g/mol. The van der Waals surface area contributed by atoms with Gasteiger partial charge in [-0.15, -0.1) is 0 Å². The summed E-state index contributed by atoms with van der Waals surface area (Å²) in [4.78, 5) is 27.3. The van der Waals surface area contributed by atoms with Crippen LogP contribution in [-0.2, 0) is 0 Å². The summed E-state index contributed by atoms with van der Waals surface area (Å²) in [5.41, 5.74) is 1.28. The molecule has 3 rings (SSSR count). The van der Waals surface area contributed by atoms with Gasteiger partial charge in [0.15, 0.2) is 0 Å². The van der Waals surface area contributed by atoms with E-state index in [9.17, 15) is 9.59 Å². The van der Waals surface area contributed by atoms with Gasteiger partial charge in [-0.25, -0.2) is 9.36 Å². The summed E-state index contributed by atoms with van der Waals surface area (Å²) in [7, 11) is 0. The van der Waals surface area contributed by atoms with Gasteiger partial charge in [-0.2, -0.15) is 0 Å². The number of H-pyrrole nitrogens is 1. The van der Waals surface area contributed by atoms with Gasteiger partial charge in [-0.1, -0.05) is 30.3 Å². The molecule has 3 aromatic rings. The molecule has 0 aliphatic rings. The lowest BCUT2D eigenvalue weighted by Gasteiger charge is -2.07. The highest BCUT2D eigenvalue weighted by atomic mass is 16.2. The van der Waals surface area contributed by atoms with Crippen LogP contribution in [0.3, 0.4) is 0 Å². The molecule has 1 aromatic heterocycles. The van der Waals surface area contributed by atoms with E-state index < -0.39 is 5.69 Å². The van der Waals surface area contributed by atoms with Crippen LogP contribution < -0.4 is 11.2 Å². The molecular weight excluding hydrogens is 240 g/mol. The first kappa shape index (κ1) is 11.5. The Bertz CT molecular complexity index is 861. The highest BCUT2D eigenvalue weighted by Crippen LogP contribution is 2.11. The number of rotatable bonds is 1. The Morgan fingerprint density at radius 3 is 2.42 bits per heavy atom. The summed E-state index contributed by atoms with van der Waals surface area (Å²) in [6.07, 6.45) is 0. The molecule has 0 spiro atoms. The van der Waals surface area contributed by atoms with Crippen molar-refractivity contribution < 1.29 is 0 Å². The van der Waals surface area contributed by atoms with Gasteiger partial charge in [0.2, 0.25) is 0 Å². The Labute approximate surface area is 109 Å². The smallest absolute Gasteiger partial charge is 0.306 e. The van der Waals surface area contributed by atoms with Gasteiger partial charge in [0, 0.05) is 0 Å². The molecule has 0 aliphatic carbocycles. The second-order valence-electron chi connectivity index (χ2n) is 4.40. The van der Waals surface area contributed by atoms with Crippen molar-refractivity contribution in [3.63, 3.8) is 0 Å². The molecule has 4 nitrogen and oxygen atoms in total. The molecule has 0 saturated carbocycles. The molecule has 2 aromatic carbocycles. The zero-order valence-corrected chi connectivity index (χ0v) is 10.4. The minimum Gasteiger partial charge on any atom is -0.306 e. The van der Waals surface area contributed by atoms with Crippen LogP contribution in [0.25, 0.3) is 16.6 Å². The molecule has 0 saturated heterocycles. The number of fused-ring (bicyclic) bond motifs is 1. The van der Waals surface area contributed by atoms with E-state index in [0.29, 0.717) is 16.6 Å². The number of benzene rings is 2. The summed E-state index contributed by atoms with van der Waals surface area (Å²) >= 11 is 0. The maximum absolute atomic E-state index is 12.5.